The summed E-state index contributed by atoms with van der Waals surface area (Å²) in [6.07, 6.45) is 5.32. The molecule has 16 heavy (non-hydrogen) atoms. The Kier molecular flexibility index (Phi) is 2.91. The maximum absolute atomic E-state index is 11.9. The number of amidine groups is 1. The Bertz CT molecular complexity index is 322. The van der Waals surface area contributed by atoms with Gasteiger partial charge in [-0.15, -0.1) is 0 Å². The van der Waals surface area contributed by atoms with E-state index in [-0.39, 0.29) is 11.6 Å². The predicted molar refractivity (Wildman–Crippen MR) is 64.4 cm³/mol. The van der Waals surface area contributed by atoms with Crippen LogP contribution in [0, 0.1) is 5.92 Å². The van der Waals surface area contributed by atoms with Gasteiger partial charge in [-0.2, -0.15) is 4.99 Å². The van der Waals surface area contributed by atoms with Crippen LogP contribution in [0.1, 0.15) is 46.0 Å². The van der Waals surface area contributed by atoms with E-state index in [4.69, 9.17) is 5.73 Å². The van der Waals surface area contributed by atoms with Crippen molar-refractivity contribution < 1.29 is 4.79 Å². The van der Waals surface area contributed by atoms with E-state index in [9.17, 15) is 4.79 Å². The Morgan fingerprint density at radius 2 is 2.19 bits per heavy atom. The number of amides is 2. The van der Waals surface area contributed by atoms with Crippen LogP contribution in [-0.2, 0) is 0 Å². The molecule has 1 atom stereocenters. The molecule has 2 aliphatic rings. The van der Waals surface area contributed by atoms with Crippen LogP contribution in [0.5, 0.6) is 0 Å². The molecule has 1 heterocycles. The first kappa shape index (κ1) is 11.4. The normalized spacial score (nSPS) is 29.8. The number of aliphatic imine (C=N–C) groups is 1. The minimum atomic E-state index is -0.283. The molecule has 0 aromatic rings. The van der Waals surface area contributed by atoms with Crippen molar-refractivity contribution in [2.75, 3.05) is 6.54 Å². The van der Waals surface area contributed by atoms with Crippen LogP contribution < -0.4 is 5.73 Å². The minimum absolute atomic E-state index is 0.125. The molecular weight excluding hydrogens is 202 g/mol. The fourth-order valence-electron chi connectivity index (χ4n) is 2.63. The van der Waals surface area contributed by atoms with Crippen molar-refractivity contribution in [3.8, 4) is 0 Å². The lowest BCUT2D eigenvalue weighted by atomic mass is 9.88. The fraction of sp³-hybridized carbons (Fsp3) is 0.833. The third-order valence-electron chi connectivity index (χ3n) is 3.83. The van der Waals surface area contributed by atoms with Crippen LogP contribution in [-0.4, -0.2) is 28.9 Å². The Hall–Kier alpha value is -1.06. The highest BCUT2D eigenvalue weighted by molar-refractivity contribution is 6.05. The summed E-state index contributed by atoms with van der Waals surface area (Å²) < 4.78 is 0. The maximum atomic E-state index is 11.9. The lowest BCUT2D eigenvalue weighted by Crippen LogP contribution is -2.54. The first-order chi connectivity index (χ1) is 7.64. The standard InChI is InChI=1S/C12H21N3O/c1-3-7-12(4-2)10(13)14-11(16)15(12)8-9-5-6-9/h9H,3-8H2,1-2H3,(H2,13,14,16). The number of urea groups is 1. The second-order valence-corrected chi connectivity index (χ2v) is 4.97. The van der Waals surface area contributed by atoms with Crippen LogP contribution in [0.15, 0.2) is 4.99 Å². The fourth-order valence-corrected chi connectivity index (χ4v) is 2.63. The summed E-state index contributed by atoms with van der Waals surface area (Å²) in [6.45, 7) is 5.07. The average molecular weight is 223 g/mol. The van der Waals surface area contributed by atoms with Crippen LogP contribution in [0.3, 0.4) is 0 Å². The number of carbonyl (C=O) groups is 1. The predicted octanol–water partition coefficient (Wildman–Crippen LogP) is 2.14. The molecule has 0 radical (unpaired) electrons. The zero-order valence-electron chi connectivity index (χ0n) is 10.2. The maximum Gasteiger partial charge on any atom is 0.346 e. The first-order valence-electron chi connectivity index (χ1n) is 6.30. The van der Waals surface area contributed by atoms with Crippen molar-refractivity contribution in [3.05, 3.63) is 0 Å². The van der Waals surface area contributed by atoms with Crippen LogP contribution in [0.4, 0.5) is 4.79 Å². The van der Waals surface area contributed by atoms with E-state index in [2.05, 4.69) is 18.8 Å². The zero-order chi connectivity index (χ0) is 11.8. The van der Waals surface area contributed by atoms with Gasteiger partial charge in [0.15, 0.2) is 0 Å². The van der Waals surface area contributed by atoms with Crippen LogP contribution in [0.25, 0.3) is 0 Å². The topological polar surface area (TPSA) is 58.7 Å². The van der Waals surface area contributed by atoms with Gasteiger partial charge in [0, 0.05) is 6.54 Å². The van der Waals surface area contributed by atoms with Gasteiger partial charge in [0.2, 0.25) is 0 Å². The molecule has 1 saturated carbocycles. The van der Waals surface area contributed by atoms with E-state index < -0.39 is 0 Å². The molecule has 4 heteroatoms. The molecule has 2 rings (SSSR count). The Balaban J connectivity index is 2.21. The van der Waals surface area contributed by atoms with Gasteiger partial charge in [0.25, 0.3) is 0 Å². The van der Waals surface area contributed by atoms with E-state index in [0.717, 1.165) is 25.8 Å². The Labute approximate surface area is 96.9 Å². The van der Waals surface area contributed by atoms with Crippen LogP contribution >= 0.6 is 0 Å². The number of nitrogens with two attached hydrogens (primary N) is 1. The number of hydrogen-bond donors (Lipinski definition) is 1. The van der Waals surface area contributed by atoms with Gasteiger partial charge in [0.05, 0.1) is 0 Å². The highest BCUT2D eigenvalue weighted by Gasteiger charge is 2.47. The zero-order valence-corrected chi connectivity index (χ0v) is 10.2. The van der Waals surface area contributed by atoms with Gasteiger partial charge in [-0.3, -0.25) is 0 Å². The Morgan fingerprint density at radius 3 is 2.69 bits per heavy atom. The van der Waals surface area contributed by atoms with Gasteiger partial charge in [-0.1, -0.05) is 20.3 Å². The summed E-state index contributed by atoms with van der Waals surface area (Å²) in [4.78, 5) is 17.8. The van der Waals surface area contributed by atoms with Gasteiger partial charge < -0.3 is 10.6 Å². The summed E-state index contributed by atoms with van der Waals surface area (Å²) in [5.74, 6) is 1.22. The molecule has 0 aromatic carbocycles. The summed E-state index contributed by atoms with van der Waals surface area (Å²) >= 11 is 0. The quantitative estimate of drug-likeness (QED) is 0.776. The highest BCUT2D eigenvalue weighted by Crippen LogP contribution is 2.37. The summed E-state index contributed by atoms with van der Waals surface area (Å²) in [5, 5.41) is 0. The van der Waals surface area contributed by atoms with E-state index >= 15 is 0 Å². The van der Waals surface area contributed by atoms with E-state index in [1.807, 2.05) is 4.90 Å². The van der Waals surface area contributed by atoms with Crippen molar-refractivity contribution in [1.82, 2.24) is 4.90 Å². The molecule has 1 unspecified atom stereocenters. The molecular formula is C12H21N3O. The minimum Gasteiger partial charge on any atom is -0.385 e. The van der Waals surface area contributed by atoms with E-state index in [1.54, 1.807) is 0 Å². The number of rotatable bonds is 5. The third kappa shape index (κ3) is 1.70. The molecule has 1 fully saturated rings. The number of hydrogen-bond acceptors (Lipinski definition) is 2. The highest BCUT2D eigenvalue weighted by atomic mass is 16.2. The number of carbonyl (C=O) groups excluding carboxylic acids is 1. The smallest absolute Gasteiger partial charge is 0.346 e. The molecule has 2 N–H and O–H groups in total. The van der Waals surface area contributed by atoms with E-state index in [1.165, 1.54) is 12.8 Å². The molecule has 0 saturated heterocycles. The molecule has 90 valence electrons. The Morgan fingerprint density at radius 1 is 1.50 bits per heavy atom. The molecule has 4 nitrogen and oxygen atoms in total. The summed E-state index contributed by atoms with van der Waals surface area (Å²) in [6, 6.07) is -0.125. The molecule has 1 aliphatic heterocycles. The molecule has 0 aromatic heterocycles. The van der Waals surface area contributed by atoms with Crippen molar-refractivity contribution in [3.63, 3.8) is 0 Å². The average Bonchev–Trinajstić information content (AvgIpc) is 3.02. The van der Waals surface area contributed by atoms with Gasteiger partial charge >= 0.3 is 6.03 Å². The summed E-state index contributed by atoms with van der Waals surface area (Å²) in [5.41, 5.74) is 5.69. The second-order valence-electron chi connectivity index (χ2n) is 4.97. The lowest BCUT2D eigenvalue weighted by Gasteiger charge is -2.37. The van der Waals surface area contributed by atoms with E-state index in [0.29, 0.717) is 11.8 Å². The largest absolute Gasteiger partial charge is 0.385 e. The van der Waals surface area contributed by atoms with Gasteiger partial charge in [-0.05, 0) is 31.6 Å². The van der Waals surface area contributed by atoms with Crippen molar-refractivity contribution >= 4 is 11.9 Å². The van der Waals surface area contributed by atoms with Crippen molar-refractivity contribution in [1.29, 1.82) is 0 Å². The van der Waals surface area contributed by atoms with Crippen molar-refractivity contribution in [2.24, 2.45) is 16.6 Å². The molecule has 0 bridgehead atoms. The van der Waals surface area contributed by atoms with Gasteiger partial charge in [0.1, 0.15) is 11.4 Å². The number of nitrogens with zero attached hydrogens (tertiary/aromatic N) is 2. The molecule has 2 amide bonds. The lowest BCUT2D eigenvalue weighted by molar-refractivity contribution is 0.157. The van der Waals surface area contributed by atoms with Crippen molar-refractivity contribution in [2.45, 2.75) is 51.5 Å². The SMILES string of the molecule is CCCC1(CC)C(N)=NC(=O)N1CC1CC1. The molecule has 0 spiro atoms. The van der Waals surface area contributed by atoms with Gasteiger partial charge in [-0.25, -0.2) is 4.79 Å². The summed E-state index contributed by atoms with van der Waals surface area (Å²) in [7, 11) is 0. The van der Waals surface area contributed by atoms with Crippen LogP contribution in [0.2, 0.25) is 0 Å². The second kappa shape index (κ2) is 4.07. The molecule has 1 aliphatic carbocycles. The first-order valence-corrected chi connectivity index (χ1v) is 6.30. The monoisotopic (exact) mass is 223 g/mol. The third-order valence-corrected chi connectivity index (χ3v) is 3.83.